The van der Waals surface area contributed by atoms with E-state index in [-0.39, 0.29) is 4.90 Å². The molecule has 16 heavy (non-hydrogen) atoms. The first kappa shape index (κ1) is 12.5. The highest BCUT2D eigenvalue weighted by atomic mass is 32.2. The molecule has 0 bridgehead atoms. The molecule has 1 aromatic carbocycles. The Morgan fingerprint density at radius 2 is 1.94 bits per heavy atom. The Kier molecular flexibility index (Phi) is 4.30. The third-order valence-electron chi connectivity index (χ3n) is 2.01. The lowest BCUT2D eigenvalue weighted by atomic mass is 10.1. The van der Waals surface area contributed by atoms with Crippen LogP contribution in [0.4, 0.5) is 0 Å². The smallest absolute Gasteiger partial charge is 0.282 e. The van der Waals surface area contributed by atoms with Crippen LogP contribution in [0.2, 0.25) is 0 Å². The molecule has 7 heteroatoms. The minimum absolute atomic E-state index is 0.119. The quantitative estimate of drug-likeness (QED) is 0.281. The molecular formula is C9H11N3O3S. The maximum Gasteiger partial charge on any atom is 0.294 e. The van der Waals surface area contributed by atoms with E-state index in [1.165, 1.54) is 12.1 Å². The zero-order valence-corrected chi connectivity index (χ0v) is 9.26. The molecule has 1 N–H and O–H groups in total. The van der Waals surface area contributed by atoms with E-state index in [0.717, 1.165) is 5.56 Å². The van der Waals surface area contributed by atoms with Crippen LogP contribution in [-0.4, -0.2) is 19.5 Å². The first-order valence-electron chi connectivity index (χ1n) is 4.61. The fourth-order valence-corrected chi connectivity index (χ4v) is 1.71. The molecule has 0 aliphatic heterocycles. The van der Waals surface area contributed by atoms with Crippen molar-refractivity contribution in [2.24, 2.45) is 5.11 Å². The van der Waals surface area contributed by atoms with E-state index in [1.54, 1.807) is 12.1 Å². The third-order valence-corrected chi connectivity index (χ3v) is 2.88. The Bertz CT molecular complexity index is 489. The van der Waals surface area contributed by atoms with Crippen LogP contribution < -0.4 is 0 Å². The Morgan fingerprint density at radius 3 is 2.44 bits per heavy atom. The monoisotopic (exact) mass is 241 g/mol. The first-order chi connectivity index (χ1) is 7.54. The van der Waals surface area contributed by atoms with Crippen LogP contribution in [0.3, 0.4) is 0 Å². The molecule has 0 amide bonds. The minimum atomic E-state index is -4.12. The maximum absolute atomic E-state index is 10.7. The van der Waals surface area contributed by atoms with Crippen molar-refractivity contribution in [2.75, 3.05) is 6.54 Å². The van der Waals surface area contributed by atoms with E-state index >= 15 is 0 Å². The van der Waals surface area contributed by atoms with Crippen LogP contribution in [0.5, 0.6) is 0 Å². The summed E-state index contributed by atoms with van der Waals surface area (Å²) < 4.78 is 30.2. The number of nitrogens with zero attached hydrogens (tertiary/aromatic N) is 3. The van der Waals surface area contributed by atoms with Crippen molar-refractivity contribution in [2.45, 2.75) is 17.7 Å². The van der Waals surface area contributed by atoms with Gasteiger partial charge >= 0.3 is 0 Å². The van der Waals surface area contributed by atoms with Crippen LogP contribution in [0, 0.1) is 0 Å². The molecular weight excluding hydrogens is 230 g/mol. The van der Waals surface area contributed by atoms with E-state index in [9.17, 15) is 8.42 Å². The zero-order valence-electron chi connectivity index (χ0n) is 8.44. The molecule has 6 nitrogen and oxygen atoms in total. The molecule has 0 atom stereocenters. The predicted octanol–water partition coefficient (Wildman–Crippen LogP) is 2.18. The van der Waals surface area contributed by atoms with Gasteiger partial charge in [-0.15, -0.1) is 0 Å². The number of benzene rings is 1. The van der Waals surface area contributed by atoms with Crippen molar-refractivity contribution in [3.63, 3.8) is 0 Å². The van der Waals surface area contributed by atoms with Gasteiger partial charge in [0.1, 0.15) is 0 Å². The van der Waals surface area contributed by atoms with E-state index in [1.807, 2.05) is 0 Å². The van der Waals surface area contributed by atoms with Crippen molar-refractivity contribution in [1.82, 2.24) is 0 Å². The van der Waals surface area contributed by atoms with Crippen molar-refractivity contribution in [1.29, 1.82) is 0 Å². The molecule has 0 heterocycles. The molecule has 0 unspecified atom stereocenters. The molecule has 0 radical (unpaired) electrons. The summed E-state index contributed by atoms with van der Waals surface area (Å²) in [6.07, 6.45) is 1.40. The summed E-state index contributed by atoms with van der Waals surface area (Å²) in [5.41, 5.74) is 8.98. The van der Waals surface area contributed by atoms with E-state index < -0.39 is 10.1 Å². The molecule has 0 aliphatic carbocycles. The fraction of sp³-hybridized carbons (Fsp3) is 0.333. The molecule has 1 rings (SSSR count). The van der Waals surface area contributed by atoms with Crippen LogP contribution in [0.25, 0.3) is 10.4 Å². The average Bonchev–Trinajstić information content (AvgIpc) is 2.24. The Balaban J connectivity index is 2.62. The number of hydrogen-bond acceptors (Lipinski definition) is 3. The first-order valence-corrected chi connectivity index (χ1v) is 6.05. The summed E-state index contributed by atoms with van der Waals surface area (Å²) in [6.45, 7) is 0.413. The number of azide groups is 1. The average molecular weight is 241 g/mol. The van der Waals surface area contributed by atoms with Crippen molar-refractivity contribution < 1.29 is 13.0 Å². The minimum Gasteiger partial charge on any atom is -0.282 e. The number of aryl methyl sites for hydroxylation is 1. The van der Waals surface area contributed by atoms with Gasteiger partial charge in [-0.1, -0.05) is 17.2 Å². The third kappa shape index (κ3) is 3.90. The maximum atomic E-state index is 10.7. The summed E-state index contributed by atoms with van der Waals surface area (Å²) in [5, 5.41) is 3.39. The van der Waals surface area contributed by atoms with Crippen LogP contribution >= 0.6 is 0 Å². The Hall–Kier alpha value is -1.56. The predicted molar refractivity (Wildman–Crippen MR) is 58.6 cm³/mol. The summed E-state index contributed by atoms with van der Waals surface area (Å²) in [4.78, 5) is 2.51. The lowest BCUT2D eigenvalue weighted by Crippen LogP contribution is -1.98. The standard InChI is InChI=1S/C9H11N3O3S/c10-12-11-7-1-2-8-3-5-9(6-4-8)16(13,14)15/h3-6H,1-2,7H2,(H,13,14,15). The second-order valence-electron chi connectivity index (χ2n) is 3.18. The van der Waals surface area contributed by atoms with Gasteiger partial charge in [-0.3, -0.25) is 4.55 Å². The Morgan fingerprint density at radius 1 is 1.31 bits per heavy atom. The summed E-state index contributed by atoms with van der Waals surface area (Å²) in [5.74, 6) is 0. The number of hydrogen-bond donors (Lipinski definition) is 1. The molecule has 0 saturated heterocycles. The zero-order chi connectivity index (χ0) is 12.0. The molecule has 86 valence electrons. The van der Waals surface area contributed by atoms with E-state index in [2.05, 4.69) is 10.0 Å². The van der Waals surface area contributed by atoms with Gasteiger partial charge in [0.15, 0.2) is 0 Å². The highest BCUT2D eigenvalue weighted by Gasteiger charge is 2.07. The molecule has 0 fully saturated rings. The van der Waals surface area contributed by atoms with Crippen LogP contribution in [-0.2, 0) is 16.5 Å². The second kappa shape index (κ2) is 5.50. The molecule has 0 saturated carbocycles. The lowest BCUT2D eigenvalue weighted by Gasteiger charge is -2.00. The molecule has 1 aromatic rings. The van der Waals surface area contributed by atoms with Crippen molar-refractivity contribution in [3.05, 3.63) is 40.3 Å². The normalized spacial score (nSPS) is 10.8. The van der Waals surface area contributed by atoms with Gasteiger partial charge in [-0.05, 0) is 36.1 Å². The second-order valence-corrected chi connectivity index (χ2v) is 4.60. The van der Waals surface area contributed by atoms with Gasteiger partial charge in [-0.2, -0.15) is 8.42 Å². The van der Waals surface area contributed by atoms with Crippen LogP contribution in [0.1, 0.15) is 12.0 Å². The van der Waals surface area contributed by atoms with Gasteiger partial charge in [0.25, 0.3) is 10.1 Å². The Labute approximate surface area is 93.3 Å². The molecule has 0 aliphatic rings. The fourth-order valence-electron chi connectivity index (χ4n) is 1.23. The highest BCUT2D eigenvalue weighted by molar-refractivity contribution is 7.85. The highest BCUT2D eigenvalue weighted by Crippen LogP contribution is 2.11. The molecule has 0 spiro atoms. The SMILES string of the molecule is [N-]=[N+]=NCCCc1ccc(S(=O)(=O)O)cc1. The van der Waals surface area contributed by atoms with Gasteiger partial charge < -0.3 is 0 Å². The number of rotatable bonds is 5. The van der Waals surface area contributed by atoms with Crippen LogP contribution in [0.15, 0.2) is 34.3 Å². The van der Waals surface area contributed by atoms with Gasteiger partial charge in [0, 0.05) is 11.5 Å². The van der Waals surface area contributed by atoms with E-state index in [0.29, 0.717) is 19.4 Å². The summed E-state index contributed by atoms with van der Waals surface area (Å²) in [7, 11) is -4.12. The molecule has 0 aromatic heterocycles. The summed E-state index contributed by atoms with van der Waals surface area (Å²) >= 11 is 0. The topological polar surface area (TPSA) is 103 Å². The van der Waals surface area contributed by atoms with E-state index in [4.69, 9.17) is 10.1 Å². The van der Waals surface area contributed by atoms with Gasteiger partial charge in [-0.25, -0.2) is 0 Å². The summed E-state index contributed by atoms with van der Waals surface area (Å²) in [6, 6.07) is 5.94. The van der Waals surface area contributed by atoms with Gasteiger partial charge in [0.05, 0.1) is 4.90 Å². The van der Waals surface area contributed by atoms with Crippen molar-refractivity contribution in [3.8, 4) is 0 Å². The largest absolute Gasteiger partial charge is 0.294 e. The van der Waals surface area contributed by atoms with Crippen molar-refractivity contribution >= 4 is 10.1 Å². The lowest BCUT2D eigenvalue weighted by molar-refractivity contribution is 0.483. The van der Waals surface area contributed by atoms with Gasteiger partial charge in [0.2, 0.25) is 0 Å².